The van der Waals surface area contributed by atoms with Gasteiger partial charge in [0, 0.05) is 16.0 Å². The van der Waals surface area contributed by atoms with E-state index in [1.807, 2.05) is 19.1 Å². The van der Waals surface area contributed by atoms with Crippen LogP contribution in [0.5, 0.6) is 5.75 Å². The molecule has 5 atom stereocenters. The van der Waals surface area contributed by atoms with Crippen LogP contribution in [-0.2, 0) is 4.74 Å². The molecule has 4 heteroatoms. The molecular formula is C16H22BrClO2. The molecule has 2 rings (SSSR count). The van der Waals surface area contributed by atoms with Gasteiger partial charge in [0.05, 0.1) is 24.2 Å². The molecule has 0 aliphatic carbocycles. The zero-order valence-electron chi connectivity index (χ0n) is 12.4. The average Bonchev–Trinajstić information content (AvgIpc) is 2.65. The maximum absolute atomic E-state index is 6.80. The van der Waals surface area contributed by atoms with Crippen molar-refractivity contribution in [1.82, 2.24) is 0 Å². The minimum Gasteiger partial charge on any atom is -0.494 e. The van der Waals surface area contributed by atoms with Crippen LogP contribution in [0.4, 0.5) is 0 Å². The molecule has 0 saturated carbocycles. The number of ether oxygens (including phenoxy) is 2. The second kappa shape index (κ2) is 6.67. The molecule has 0 N–H and O–H groups in total. The van der Waals surface area contributed by atoms with Gasteiger partial charge < -0.3 is 9.47 Å². The van der Waals surface area contributed by atoms with Gasteiger partial charge in [0.25, 0.3) is 0 Å². The van der Waals surface area contributed by atoms with Crippen LogP contribution < -0.4 is 4.74 Å². The fraction of sp³-hybridized carbons (Fsp3) is 0.625. The Balaban J connectivity index is 2.32. The van der Waals surface area contributed by atoms with Crippen molar-refractivity contribution in [2.24, 2.45) is 11.8 Å². The molecule has 0 aromatic heterocycles. The van der Waals surface area contributed by atoms with Crippen molar-refractivity contribution >= 4 is 27.5 Å². The van der Waals surface area contributed by atoms with Crippen molar-refractivity contribution in [2.45, 2.75) is 45.3 Å². The second-order valence-corrected chi connectivity index (χ2v) is 6.89. The summed E-state index contributed by atoms with van der Waals surface area (Å²) in [5, 5.41) is -0.107. The van der Waals surface area contributed by atoms with Crippen LogP contribution in [-0.4, -0.2) is 18.8 Å². The van der Waals surface area contributed by atoms with Gasteiger partial charge in [0.2, 0.25) is 0 Å². The summed E-state index contributed by atoms with van der Waals surface area (Å²) in [6.45, 7) is 9.07. The van der Waals surface area contributed by atoms with E-state index in [0.717, 1.165) is 15.8 Å². The summed E-state index contributed by atoms with van der Waals surface area (Å²) in [4.78, 5) is 0. The van der Waals surface area contributed by atoms with E-state index in [0.29, 0.717) is 18.4 Å². The number of rotatable bonds is 4. The minimum atomic E-state index is -0.107. The van der Waals surface area contributed by atoms with Crippen LogP contribution in [0.3, 0.4) is 0 Å². The van der Waals surface area contributed by atoms with Crippen LogP contribution in [0.25, 0.3) is 0 Å². The Morgan fingerprint density at radius 1 is 1.30 bits per heavy atom. The normalized spacial score (nSPS) is 31.3. The molecule has 1 aliphatic rings. The second-order valence-electron chi connectivity index (χ2n) is 5.50. The van der Waals surface area contributed by atoms with Crippen molar-refractivity contribution in [3.63, 3.8) is 0 Å². The Hall–Kier alpha value is -0.250. The van der Waals surface area contributed by atoms with Crippen LogP contribution >= 0.6 is 27.5 Å². The van der Waals surface area contributed by atoms with E-state index in [-0.39, 0.29) is 17.6 Å². The summed E-state index contributed by atoms with van der Waals surface area (Å²) in [5.41, 5.74) is 1.05. The summed E-state index contributed by atoms with van der Waals surface area (Å²) in [6, 6.07) is 6.02. The molecule has 1 fully saturated rings. The SMILES string of the molecule is CCOc1ccc(Br)cc1C(Cl)C1C(C)OC(C)C1C. The predicted molar refractivity (Wildman–Crippen MR) is 86.6 cm³/mol. The van der Waals surface area contributed by atoms with Gasteiger partial charge in [-0.15, -0.1) is 11.6 Å². The zero-order chi connectivity index (χ0) is 14.9. The molecule has 1 heterocycles. The van der Waals surface area contributed by atoms with Crippen molar-refractivity contribution < 1.29 is 9.47 Å². The Morgan fingerprint density at radius 2 is 2.00 bits per heavy atom. The van der Waals surface area contributed by atoms with Crippen LogP contribution in [0.15, 0.2) is 22.7 Å². The topological polar surface area (TPSA) is 18.5 Å². The van der Waals surface area contributed by atoms with Gasteiger partial charge in [-0.05, 0) is 44.9 Å². The Bertz CT molecular complexity index is 466. The zero-order valence-corrected chi connectivity index (χ0v) is 14.7. The number of hydrogen-bond donors (Lipinski definition) is 0. The first-order valence-corrected chi connectivity index (χ1v) is 8.40. The average molecular weight is 362 g/mol. The molecule has 0 bridgehead atoms. The molecule has 1 aromatic rings. The Morgan fingerprint density at radius 3 is 2.55 bits per heavy atom. The van der Waals surface area contributed by atoms with Crippen LogP contribution in [0.1, 0.15) is 38.6 Å². The first-order valence-electron chi connectivity index (χ1n) is 7.17. The lowest BCUT2D eigenvalue weighted by molar-refractivity contribution is 0.0507. The lowest BCUT2D eigenvalue weighted by Gasteiger charge is -2.26. The van der Waals surface area contributed by atoms with Gasteiger partial charge in [0.15, 0.2) is 0 Å². The molecule has 2 nitrogen and oxygen atoms in total. The maximum atomic E-state index is 6.80. The Labute approximate surface area is 134 Å². The van der Waals surface area contributed by atoms with Gasteiger partial charge in [-0.3, -0.25) is 0 Å². The van der Waals surface area contributed by atoms with Crippen molar-refractivity contribution in [2.75, 3.05) is 6.61 Å². The highest BCUT2D eigenvalue weighted by molar-refractivity contribution is 9.10. The molecule has 0 radical (unpaired) electrons. The van der Waals surface area contributed by atoms with E-state index in [1.165, 1.54) is 0 Å². The highest BCUT2D eigenvalue weighted by Crippen LogP contribution is 2.46. The molecule has 1 aromatic carbocycles. The smallest absolute Gasteiger partial charge is 0.124 e. The molecule has 1 aliphatic heterocycles. The third-order valence-corrected chi connectivity index (χ3v) is 5.24. The summed E-state index contributed by atoms with van der Waals surface area (Å²) in [7, 11) is 0. The molecule has 112 valence electrons. The molecule has 5 unspecified atom stereocenters. The van der Waals surface area contributed by atoms with E-state index < -0.39 is 0 Å². The monoisotopic (exact) mass is 360 g/mol. The summed E-state index contributed by atoms with van der Waals surface area (Å²) in [6.07, 6.45) is 0.412. The summed E-state index contributed by atoms with van der Waals surface area (Å²) >= 11 is 10.3. The highest BCUT2D eigenvalue weighted by atomic mass is 79.9. The van der Waals surface area contributed by atoms with Crippen molar-refractivity contribution in [3.8, 4) is 5.75 Å². The lowest BCUT2D eigenvalue weighted by atomic mass is 9.84. The van der Waals surface area contributed by atoms with E-state index in [9.17, 15) is 0 Å². The summed E-state index contributed by atoms with van der Waals surface area (Å²) < 4.78 is 12.7. The number of halogens is 2. The van der Waals surface area contributed by atoms with Crippen LogP contribution in [0.2, 0.25) is 0 Å². The van der Waals surface area contributed by atoms with Gasteiger partial charge in [-0.2, -0.15) is 0 Å². The van der Waals surface area contributed by atoms with E-state index in [2.05, 4.69) is 42.8 Å². The van der Waals surface area contributed by atoms with Gasteiger partial charge in [0.1, 0.15) is 5.75 Å². The van der Waals surface area contributed by atoms with Crippen LogP contribution in [0, 0.1) is 11.8 Å². The number of benzene rings is 1. The minimum absolute atomic E-state index is 0.107. The third-order valence-electron chi connectivity index (χ3n) is 4.23. The fourth-order valence-electron chi connectivity index (χ4n) is 3.03. The number of alkyl halides is 1. The third kappa shape index (κ3) is 3.15. The molecule has 0 spiro atoms. The van der Waals surface area contributed by atoms with Gasteiger partial charge in [-0.1, -0.05) is 22.9 Å². The van der Waals surface area contributed by atoms with Crippen molar-refractivity contribution in [3.05, 3.63) is 28.2 Å². The molecule has 0 amide bonds. The van der Waals surface area contributed by atoms with E-state index in [1.54, 1.807) is 0 Å². The van der Waals surface area contributed by atoms with E-state index >= 15 is 0 Å². The first kappa shape index (κ1) is 16.1. The quantitative estimate of drug-likeness (QED) is 0.687. The number of hydrogen-bond acceptors (Lipinski definition) is 2. The lowest BCUT2D eigenvalue weighted by Crippen LogP contribution is -2.22. The molecular weight excluding hydrogens is 340 g/mol. The van der Waals surface area contributed by atoms with Crippen molar-refractivity contribution in [1.29, 1.82) is 0 Å². The Kier molecular flexibility index (Phi) is 5.38. The van der Waals surface area contributed by atoms with E-state index in [4.69, 9.17) is 21.1 Å². The largest absolute Gasteiger partial charge is 0.494 e. The maximum Gasteiger partial charge on any atom is 0.124 e. The van der Waals surface area contributed by atoms with Gasteiger partial charge >= 0.3 is 0 Å². The highest BCUT2D eigenvalue weighted by Gasteiger charge is 2.42. The van der Waals surface area contributed by atoms with Gasteiger partial charge in [-0.25, -0.2) is 0 Å². The molecule has 20 heavy (non-hydrogen) atoms. The molecule has 1 saturated heterocycles. The first-order chi connectivity index (χ1) is 9.45. The fourth-order valence-corrected chi connectivity index (χ4v) is 4.01. The standard InChI is InChI=1S/C16H22BrClO2/c1-5-19-14-7-6-12(17)8-13(14)16(18)15-9(2)10(3)20-11(15)4/h6-11,15-16H,5H2,1-4H3. The predicted octanol–water partition coefficient (Wildman–Crippen LogP) is 5.19. The summed E-state index contributed by atoms with van der Waals surface area (Å²) in [5.74, 6) is 1.59.